The van der Waals surface area contributed by atoms with Gasteiger partial charge < -0.3 is 19.5 Å². The van der Waals surface area contributed by atoms with Gasteiger partial charge in [-0.15, -0.1) is 0 Å². The fourth-order valence-electron chi connectivity index (χ4n) is 5.64. The Morgan fingerprint density at radius 3 is 2.59 bits per heavy atom. The van der Waals surface area contributed by atoms with E-state index in [4.69, 9.17) is 9.94 Å². The molecule has 0 unspecified atom stereocenters. The highest BCUT2D eigenvalue weighted by Gasteiger charge is 2.48. The number of carbonyl (C=O) groups is 3. The van der Waals surface area contributed by atoms with Crippen molar-refractivity contribution in [2.45, 2.75) is 50.6 Å². The average Bonchev–Trinajstić information content (AvgIpc) is 3.30. The van der Waals surface area contributed by atoms with Gasteiger partial charge in [-0.1, -0.05) is 43.2 Å². The van der Waals surface area contributed by atoms with E-state index in [-0.39, 0.29) is 30.8 Å². The van der Waals surface area contributed by atoms with Crippen molar-refractivity contribution >= 4 is 28.6 Å². The van der Waals surface area contributed by atoms with Crippen LogP contribution in [0.25, 0.3) is 10.9 Å². The number of fused-ring (bicyclic) bond motifs is 4. The number of nitrogens with one attached hydrogen (secondary N) is 2. The third-order valence-corrected chi connectivity index (χ3v) is 7.48. The second-order valence-electron chi connectivity index (χ2n) is 9.72. The van der Waals surface area contributed by atoms with Crippen LogP contribution < -0.4 is 10.2 Å². The Bertz CT molecular complexity index is 1300. The first kappa shape index (κ1) is 24.8. The molecule has 9 nitrogen and oxygen atoms in total. The van der Waals surface area contributed by atoms with E-state index < -0.39 is 11.9 Å². The molecule has 194 valence electrons. The number of hydroxylamine groups is 1. The number of H-pyrrole nitrogens is 1. The number of aromatic amines is 1. The number of carbonyl (C=O) groups excluding carboxylic acids is 3. The van der Waals surface area contributed by atoms with Gasteiger partial charge in [-0.25, -0.2) is 5.48 Å². The molecule has 1 fully saturated rings. The number of para-hydroxylation sites is 1. The molecule has 2 aliphatic rings. The maximum atomic E-state index is 13.7. The molecule has 3 N–H and O–H groups in total. The Kier molecular flexibility index (Phi) is 7.14. The number of unbranched alkanes of at least 4 members (excludes halogenated alkanes) is 3. The van der Waals surface area contributed by atoms with Gasteiger partial charge in [-0.2, -0.15) is 0 Å². The lowest BCUT2D eigenvalue weighted by molar-refractivity contribution is -0.158. The fraction of sp³-hybridized carbons (Fsp3) is 0.393. The monoisotopic (exact) mass is 504 g/mol. The van der Waals surface area contributed by atoms with Crippen LogP contribution in [0.15, 0.2) is 48.5 Å². The number of benzene rings is 2. The van der Waals surface area contributed by atoms with Crippen LogP contribution in [0.4, 0.5) is 0 Å². The number of hydrogen-bond acceptors (Lipinski definition) is 5. The van der Waals surface area contributed by atoms with Gasteiger partial charge >= 0.3 is 0 Å². The summed E-state index contributed by atoms with van der Waals surface area (Å²) in [5, 5.41) is 9.67. The van der Waals surface area contributed by atoms with Crippen molar-refractivity contribution in [3.05, 3.63) is 65.4 Å². The van der Waals surface area contributed by atoms with E-state index in [0.717, 1.165) is 52.7 Å². The van der Waals surface area contributed by atoms with Crippen LogP contribution in [0.3, 0.4) is 0 Å². The summed E-state index contributed by atoms with van der Waals surface area (Å²) in [4.78, 5) is 45.5. The molecule has 1 aromatic heterocycles. The maximum Gasteiger partial charge on any atom is 0.246 e. The van der Waals surface area contributed by atoms with E-state index in [1.807, 2.05) is 42.5 Å². The van der Waals surface area contributed by atoms with Crippen molar-refractivity contribution in [2.75, 3.05) is 20.2 Å². The highest BCUT2D eigenvalue weighted by molar-refractivity contribution is 5.97. The minimum Gasteiger partial charge on any atom is -0.497 e. The molecule has 9 heteroatoms. The summed E-state index contributed by atoms with van der Waals surface area (Å²) in [6, 6.07) is 14.8. The quantitative estimate of drug-likeness (QED) is 0.235. The van der Waals surface area contributed by atoms with E-state index >= 15 is 0 Å². The lowest BCUT2D eigenvalue weighted by Gasteiger charge is -2.47. The zero-order valence-electron chi connectivity index (χ0n) is 20.9. The standard InChI is InChI=1S/C28H32N4O5/c1-37-19-13-11-18(12-14-19)27-26-21(20-8-5-6-9-22(20)29-26)16-23-28(35)31(17-25(34)32(23)27)15-7-3-2-4-10-24(33)30-36/h5-6,8-9,11-14,23,27,29,36H,2-4,7,10,15-17H2,1H3,(H,30,33)/t23-,27-/m0/s1. The van der Waals surface area contributed by atoms with Crippen LogP contribution in [-0.2, 0) is 20.8 Å². The lowest BCUT2D eigenvalue weighted by Crippen LogP contribution is -2.63. The molecule has 0 bridgehead atoms. The van der Waals surface area contributed by atoms with Crippen molar-refractivity contribution in [2.24, 2.45) is 0 Å². The first-order chi connectivity index (χ1) is 18.0. The third kappa shape index (κ3) is 4.79. The minimum atomic E-state index is -0.562. The Morgan fingerprint density at radius 2 is 1.84 bits per heavy atom. The minimum absolute atomic E-state index is 0.0197. The molecule has 3 aromatic rings. The van der Waals surface area contributed by atoms with Crippen LogP contribution in [0.5, 0.6) is 5.75 Å². The van der Waals surface area contributed by atoms with E-state index in [0.29, 0.717) is 19.4 Å². The van der Waals surface area contributed by atoms with Crippen molar-refractivity contribution in [3.63, 3.8) is 0 Å². The largest absolute Gasteiger partial charge is 0.497 e. The van der Waals surface area contributed by atoms with E-state index in [2.05, 4.69) is 11.1 Å². The molecule has 3 heterocycles. The summed E-state index contributed by atoms with van der Waals surface area (Å²) in [6.07, 6.45) is 3.83. The predicted octanol–water partition coefficient (Wildman–Crippen LogP) is 3.32. The van der Waals surface area contributed by atoms with Crippen LogP contribution >= 0.6 is 0 Å². The third-order valence-electron chi connectivity index (χ3n) is 7.48. The number of rotatable bonds is 9. The highest BCUT2D eigenvalue weighted by atomic mass is 16.5. The Morgan fingerprint density at radius 1 is 1.08 bits per heavy atom. The number of nitrogens with zero attached hydrogens (tertiary/aromatic N) is 2. The summed E-state index contributed by atoms with van der Waals surface area (Å²) in [5.41, 5.74) is 5.62. The lowest BCUT2D eigenvalue weighted by atomic mass is 9.86. The van der Waals surface area contributed by atoms with Crippen molar-refractivity contribution in [3.8, 4) is 5.75 Å². The Hall–Kier alpha value is -3.85. The molecule has 2 aliphatic heterocycles. The second-order valence-corrected chi connectivity index (χ2v) is 9.72. The fourth-order valence-corrected chi connectivity index (χ4v) is 5.64. The van der Waals surface area contributed by atoms with Gasteiger partial charge in [0.25, 0.3) is 0 Å². The molecule has 5 rings (SSSR count). The van der Waals surface area contributed by atoms with Gasteiger partial charge in [0.15, 0.2) is 0 Å². The predicted molar refractivity (Wildman–Crippen MR) is 137 cm³/mol. The molecular formula is C28H32N4O5. The zero-order chi connectivity index (χ0) is 25.9. The molecule has 0 saturated carbocycles. The van der Waals surface area contributed by atoms with Crippen LogP contribution in [0.1, 0.15) is 55.0 Å². The summed E-state index contributed by atoms with van der Waals surface area (Å²) >= 11 is 0. The van der Waals surface area contributed by atoms with E-state index in [9.17, 15) is 14.4 Å². The number of hydrogen-bond donors (Lipinski definition) is 3. The first-order valence-electron chi connectivity index (χ1n) is 12.8. The van der Waals surface area contributed by atoms with Crippen molar-refractivity contribution < 1.29 is 24.3 Å². The number of methoxy groups -OCH3 is 1. The molecule has 2 aromatic carbocycles. The van der Waals surface area contributed by atoms with E-state index in [1.54, 1.807) is 22.4 Å². The van der Waals surface area contributed by atoms with E-state index in [1.165, 1.54) is 0 Å². The zero-order valence-corrected chi connectivity index (χ0v) is 20.9. The molecular weight excluding hydrogens is 472 g/mol. The van der Waals surface area contributed by atoms with Gasteiger partial charge in [0, 0.05) is 36.0 Å². The van der Waals surface area contributed by atoms with Gasteiger partial charge in [-0.3, -0.25) is 19.6 Å². The first-order valence-corrected chi connectivity index (χ1v) is 12.8. The smallest absolute Gasteiger partial charge is 0.246 e. The maximum absolute atomic E-state index is 13.7. The summed E-state index contributed by atoms with van der Waals surface area (Å²) in [5.74, 6) is 0.262. The topological polar surface area (TPSA) is 115 Å². The Balaban J connectivity index is 1.39. The molecule has 0 radical (unpaired) electrons. The normalized spacial score (nSPS) is 19.1. The molecule has 1 saturated heterocycles. The van der Waals surface area contributed by atoms with Gasteiger partial charge in [-0.05, 0) is 42.2 Å². The SMILES string of the molecule is COc1ccc([C@H]2c3[nH]c4ccccc4c3C[C@H]3C(=O)N(CCCCCCC(=O)NO)CC(=O)N23)cc1. The highest BCUT2D eigenvalue weighted by Crippen LogP contribution is 2.42. The number of aromatic nitrogens is 1. The molecule has 3 amide bonds. The number of ether oxygens (including phenoxy) is 1. The summed E-state index contributed by atoms with van der Waals surface area (Å²) in [6.45, 7) is 0.569. The van der Waals surface area contributed by atoms with Gasteiger partial charge in [0.1, 0.15) is 11.8 Å². The molecule has 0 spiro atoms. The van der Waals surface area contributed by atoms with Crippen LogP contribution in [-0.4, -0.2) is 64.0 Å². The Labute approximate surface area is 215 Å². The molecule has 37 heavy (non-hydrogen) atoms. The van der Waals surface area contributed by atoms with Crippen molar-refractivity contribution in [1.29, 1.82) is 0 Å². The van der Waals surface area contributed by atoms with Gasteiger partial charge in [0.05, 0.1) is 19.7 Å². The number of piperazine rings is 1. The van der Waals surface area contributed by atoms with Crippen molar-refractivity contribution in [1.82, 2.24) is 20.3 Å². The molecule has 0 aliphatic carbocycles. The average molecular weight is 505 g/mol. The van der Waals surface area contributed by atoms with Crippen LogP contribution in [0, 0.1) is 0 Å². The second kappa shape index (κ2) is 10.6. The van der Waals surface area contributed by atoms with Gasteiger partial charge in [0.2, 0.25) is 17.7 Å². The molecule has 2 atom stereocenters. The van der Waals surface area contributed by atoms with Crippen LogP contribution in [0.2, 0.25) is 0 Å². The number of amides is 3. The summed E-state index contributed by atoms with van der Waals surface area (Å²) in [7, 11) is 1.62. The summed E-state index contributed by atoms with van der Waals surface area (Å²) < 4.78 is 5.33.